The normalized spacial score (nSPS) is 11.9. The highest BCUT2D eigenvalue weighted by Crippen LogP contribution is 2.44. The van der Waals surface area contributed by atoms with Crippen LogP contribution in [-0.4, -0.2) is 9.97 Å². The quantitative estimate of drug-likeness (QED) is 0.214. The Kier molecular flexibility index (Phi) is 4.55. The molecule has 0 saturated heterocycles. The second kappa shape index (κ2) is 8.41. The van der Waals surface area contributed by atoms with E-state index >= 15 is 0 Å². The fourth-order valence-corrected chi connectivity index (χ4v) is 6.11. The molecule has 0 amide bonds. The van der Waals surface area contributed by atoms with E-state index < -0.39 is 0 Å². The maximum atomic E-state index is 6.28. The van der Waals surface area contributed by atoms with Crippen LogP contribution in [0.5, 0.6) is 0 Å². The number of rotatable bonds is 3. The molecule has 41 heavy (non-hydrogen) atoms. The van der Waals surface area contributed by atoms with Crippen molar-refractivity contribution in [2.75, 3.05) is 4.90 Å². The Labute approximate surface area is 233 Å². The van der Waals surface area contributed by atoms with Crippen LogP contribution in [0.3, 0.4) is 0 Å². The molecule has 0 unspecified atom stereocenters. The summed E-state index contributed by atoms with van der Waals surface area (Å²) in [6, 6.07) is 37.6. The van der Waals surface area contributed by atoms with Gasteiger partial charge in [0.15, 0.2) is 0 Å². The Hall–Kier alpha value is -5.68. The van der Waals surface area contributed by atoms with E-state index in [1.165, 1.54) is 16.2 Å². The summed E-state index contributed by atoms with van der Waals surface area (Å²) in [6.45, 7) is 0. The zero-order chi connectivity index (χ0) is 26.9. The number of para-hydroxylation sites is 1. The van der Waals surface area contributed by atoms with Gasteiger partial charge in [-0.05, 0) is 57.9 Å². The third-order valence-electron chi connectivity index (χ3n) is 7.98. The van der Waals surface area contributed by atoms with Crippen molar-refractivity contribution in [2.24, 2.45) is 0 Å². The molecule has 4 aromatic heterocycles. The maximum absolute atomic E-state index is 6.28. The van der Waals surface area contributed by atoms with Crippen LogP contribution >= 0.6 is 0 Å². The van der Waals surface area contributed by atoms with Crippen molar-refractivity contribution >= 4 is 82.6 Å². The monoisotopic (exact) mass is 527 g/mol. The van der Waals surface area contributed by atoms with Crippen molar-refractivity contribution < 1.29 is 8.83 Å². The lowest BCUT2D eigenvalue weighted by atomic mass is 10.0. The van der Waals surface area contributed by atoms with Crippen molar-refractivity contribution in [2.45, 2.75) is 0 Å². The van der Waals surface area contributed by atoms with Crippen molar-refractivity contribution in [3.8, 4) is 0 Å². The van der Waals surface area contributed by atoms with Crippen LogP contribution in [0.1, 0.15) is 0 Å². The van der Waals surface area contributed by atoms with Crippen LogP contribution in [0.15, 0.2) is 137 Å². The SMILES string of the molecule is c1ccc2c(c1)ccc1cc(N(c3cc4oc5ccccc5c4cn3)c3cccc4oc5ccncc5c34)ccc12. The Morgan fingerprint density at radius 1 is 0.512 bits per heavy atom. The van der Waals surface area contributed by atoms with Crippen LogP contribution in [-0.2, 0) is 0 Å². The summed E-state index contributed by atoms with van der Waals surface area (Å²) < 4.78 is 12.5. The van der Waals surface area contributed by atoms with Crippen molar-refractivity contribution in [1.29, 1.82) is 0 Å². The summed E-state index contributed by atoms with van der Waals surface area (Å²) in [4.78, 5) is 11.6. The number of furan rings is 2. The summed E-state index contributed by atoms with van der Waals surface area (Å²) in [6.07, 6.45) is 5.53. The average Bonchev–Trinajstić information content (AvgIpc) is 3.59. The molecule has 5 aromatic carbocycles. The number of hydrogen-bond acceptors (Lipinski definition) is 5. The topological polar surface area (TPSA) is 55.3 Å². The van der Waals surface area contributed by atoms with Gasteiger partial charge < -0.3 is 8.83 Å². The minimum Gasteiger partial charge on any atom is -0.456 e. The number of nitrogens with zero attached hydrogens (tertiary/aromatic N) is 3. The molecule has 0 aliphatic heterocycles. The van der Waals surface area contributed by atoms with Gasteiger partial charge in [0.2, 0.25) is 0 Å². The standard InChI is InChI=1S/C36H21N3O2/c1-2-7-25-22(6-1)12-13-23-18-24(14-15-26(23)25)39(30-9-5-11-33-36(30)29-20-37-17-16-32(29)40-33)35-19-34-28(21-38-35)27-8-3-4-10-31(27)41-34/h1-21H. The molecule has 0 spiro atoms. The Morgan fingerprint density at radius 2 is 1.29 bits per heavy atom. The van der Waals surface area contributed by atoms with Gasteiger partial charge in [0.25, 0.3) is 0 Å². The van der Waals surface area contributed by atoms with E-state index in [4.69, 9.17) is 13.8 Å². The van der Waals surface area contributed by atoms with Crippen LogP contribution < -0.4 is 4.90 Å². The summed E-state index contributed by atoms with van der Waals surface area (Å²) in [5, 5.41) is 8.82. The molecule has 5 heteroatoms. The first kappa shape index (κ1) is 22.2. The fraction of sp³-hybridized carbons (Fsp3) is 0. The first-order chi connectivity index (χ1) is 20.3. The first-order valence-electron chi connectivity index (χ1n) is 13.6. The zero-order valence-corrected chi connectivity index (χ0v) is 21.8. The van der Waals surface area contributed by atoms with Gasteiger partial charge in [-0.2, -0.15) is 0 Å². The molecule has 0 saturated carbocycles. The van der Waals surface area contributed by atoms with E-state index in [1.807, 2.05) is 54.9 Å². The van der Waals surface area contributed by atoms with Gasteiger partial charge in [-0.25, -0.2) is 4.98 Å². The van der Waals surface area contributed by atoms with Gasteiger partial charge >= 0.3 is 0 Å². The molecular formula is C36H21N3O2. The van der Waals surface area contributed by atoms with Crippen molar-refractivity contribution in [1.82, 2.24) is 9.97 Å². The van der Waals surface area contributed by atoms with Gasteiger partial charge in [-0.1, -0.05) is 66.7 Å². The molecule has 9 aromatic rings. The Morgan fingerprint density at radius 3 is 2.27 bits per heavy atom. The minimum atomic E-state index is 0.752. The maximum Gasteiger partial charge on any atom is 0.141 e. The van der Waals surface area contributed by atoms with Gasteiger partial charge in [0.05, 0.1) is 11.1 Å². The molecule has 0 atom stereocenters. The summed E-state index contributed by atoms with van der Waals surface area (Å²) in [7, 11) is 0. The molecule has 0 bridgehead atoms. The largest absolute Gasteiger partial charge is 0.456 e. The number of aromatic nitrogens is 2. The molecule has 0 radical (unpaired) electrons. The molecule has 0 fully saturated rings. The zero-order valence-electron chi connectivity index (χ0n) is 21.8. The minimum absolute atomic E-state index is 0.752. The molecule has 9 rings (SSSR count). The van der Waals surface area contributed by atoms with Gasteiger partial charge in [0.1, 0.15) is 28.1 Å². The van der Waals surface area contributed by atoms with Crippen LogP contribution in [0, 0.1) is 0 Å². The van der Waals surface area contributed by atoms with Crippen LogP contribution in [0.4, 0.5) is 17.2 Å². The summed E-state index contributed by atoms with van der Waals surface area (Å²) in [5.74, 6) is 0.752. The van der Waals surface area contributed by atoms with E-state index in [0.717, 1.165) is 66.5 Å². The highest BCUT2D eigenvalue weighted by atomic mass is 16.3. The van der Waals surface area contributed by atoms with Crippen LogP contribution in [0.25, 0.3) is 65.4 Å². The lowest BCUT2D eigenvalue weighted by molar-refractivity contribution is 0.668. The predicted molar refractivity (Wildman–Crippen MR) is 166 cm³/mol. The number of pyridine rings is 2. The highest BCUT2D eigenvalue weighted by Gasteiger charge is 2.22. The van der Waals surface area contributed by atoms with E-state index in [9.17, 15) is 0 Å². The highest BCUT2D eigenvalue weighted by molar-refractivity contribution is 6.14. The number of hydrogen-bond donors (Lipinski definition) is 0. The lowest BCUT2D eigenvalue weighted by Crippen LogP contribution is -2.11. The molecule has 0 N–H and O–H groups in total. The molecular weight excluding hydrogens is 506 g/mol. The second-order valence-corrected chi connectivity index (χ2v) is 10.3. The summed E-state index contributed by atoms with van der Waals surface area (Å²) in [5.41, 5.74) is 5.18. The van der Waals surface area contributed by atoms with Gasteiger partial charge in [0, 0.05) is 46.5 Å². The molecule has 4 heterocycles. The van der Waals surface area contributed by atoms with E-state index in [1.54, 1.807) is 6.20 Å². The molecule has 192 valence electrons. The average molecular weight is 528 g/mol. The second-order valence-electron chi connectivity index (χ2n) is 10.3. The first-order valence-corrected chi connectivity index (χ1v) is 13.6. The van der Waals surface area contributed by atoms with Gasteiger partial charge in [-0.15, -0.1) is 0 Å². The summed E-state index contributed by atoms with van der Waals surface area (Å²) >= 11 is 0. The van der Waals surface area contributed by atoms with Crippen molar-refractivity contribution in [3.05, 3.63) is 128 Å². The Balaban J connectivity index is 1.34. The van der Waals surface area contributed by atoms with E-state index in [2.05, 4.69) is 76.6 Å². The number of anilines is 3. The molecule has 0 aliphatic rings. The Bertz CT molecular complexity index is 2450. The molecule has 5 nitrogen and oxygen atoms in total. The van der Waals surface area contributed by atoms with Gasteiger partial charge in [-0.3, -0.25) is 9.88 Å². The third kappa shape index (κ3) is 3.29. The lowest BCUT2D eigenvalue weighted by Gasteiger charge is -2.25. The molecule has 0 aliphatic carbocycles. The van der Waals surface area contributed by atoms with Crippen molar-refractivity contribution in [3.63, 3.8) is 0 Å². The number of benzene rings is 5. The third-order valence-corrected chi connectivity index (χ3v) is 7.98. The van der Waals surface area contributed by atoms with E-state index in [0.29, 0.717) is 0 Å². The number of fused-ring (bicyclic) bond motifs is 9. The van der Waals surface area contributed by atoms with E-state index in [-0.39, 0.29) is 0 Å². The predicted octanol–water partition coefficient (Wildman–Crippen LogP) is 10.1. The smallest absolute Gasteiger partial charge is 0.141 e. The fourth-order valence-electron chi connectivity index (χ4n) is 6.11. The van der Waals surface area contributed by atoms with Crippen LogP contribution in [0.2, 0.25) is 0 Å².